The van der Waals surface area contributed by atoms with Crippen LogP contribution in [0, 0.1) is 17.8 Å². The minimum absolute atomic E-state index is 0.0530. The Kier molecular flexibility index (Phi) is 11.0. The third kappa shape index (κ3) is 7.85. The normalized spacial score (nSPS) is 29.8. The number of ether oxygens (including phenoxy) is 2. The van der Waals surface area contributed by atoms with E-state index in [4.69, 9.17) is 9.47 Å². The monoisotopic (exact) mass is 821 g/mol. The molecule has 3 N–H and O–H groups in total. The molecular formula is C39H50F3N5O9S. The highest BCUT2D eigenvalue weighted by molar-refractivity contribution is 7.91. The number of carboxylic acid groups (broad SMARTS) is 1. The molecule has 0 spiro atoms. The van der Waals surface area contributed by atoms with Crippen molar-refractivity contribution in [2.75, 3.05) is 13.7 Å². The van der Waals surface area contributed by atoms with Gasteiger partial charge in [0.05, 0.1) is 18.4 Å². The number of hydrogen-bond acceptors (Lipinski definition) is 9. The van der Waals surface area contributed by atoms with Crippen molar-refractivity contribution in [1.29, 1.82) is 0 Å². The van der Waals surface area contributed by atoms with E-state index in [0.717, 1.165) is 4.90 Å². The lowest BCUT2D eigenvalue weighted by Gasteiger charge is -2.45. The number of amides is 4. The van der Waals surface area contributed by atoms with Crippen LogP contribution in [0.2, 0.25) is 0 Å². The molecule has 57 heavy (non-hydrogen) atoms. The molecule has 2 aliphatic carbocycles. The lowest BCUT2D eigenvalue weighted by atomic mass is 9.85. The van der Waals surface area contributed by atoms with E-state index < -0.39 is 85.9 Å². The number of benzene rings is 1. The van der Waals surface area contributed by atoms with Crippen LogP contribution < -0.4 is 19.5 Å². The molecule has 3 fully saturated rings. The Labute approximate surface area is 329 Å². The van der Waals surface area contributed by atoms with Crippen LogP contribution in [0.15, 0.2) is 42.6 Å². The van der Waals surface area contributed by atoms with Gasteiger partial charge in [0.15, 0.2) is 0 Å². The predicted octanol–water partition coefficient (Wildman–Crippen LogP) is 5.17. The van der Waals surface area contributed by atoms with E-state index in [1.807, 2.05) is 6.92 Å². The Morgan fingerprint density at radius 1 is 1.11 bits per heavy atom. The van der Waals surface area contributed by atoms with Crippen LogP contribution in [0.25, 0.3) is 10.8 Å². The number of nitrogens with one attached hydrogen (secondary N) is 2. The zero-order chi connectivity index (χ0) is 41.9. The Balaban J connectivity index is 1.43. The van der Waals surface area contributed by atoms with Crippen LogP contribution >= 0.6 is 0 Å². The van der Waals surface area contributed by atoms with Crippen molar-refractivity contribution < 1.29 is 55.3 Å². The van der Waals surface area contributed by atoms with Crippen molar-refractivity contribution in [2.45, 2.75) is 120 Å². The number of methoxy groups -OCH3 is 1. The Morgan fingerprint density at radius 3 is 2.44 bits per heavy atom. The zero-order valence-corrected chi connectivity index (χ0v) is 33.6. The molecule has 1 aromatic heterocycles. The quantitative estimate of drug-likeness (QED) is 0.301. The minimum Gasteiger partial charge on any atom is -0.496 e. The van der Waals surface area contributed by atoms with Gasteiger partial charge in [-0.2, -0.15) is 13.2 Å². The first-order valence-corrected chi connectivity index (χ1v) is 20.6. The molecule has 6 rings (SSSR count). The van der Waals surface area contributed by atoms with Crippen LogP contribution in [0.4, 0.5) is 18.0 Å². The predicted molar refractivity (Wildman–Crippen MR) is 202 cm³/mol. The number of carbonyl (C=O) groups excluding carboxylic acids is 3. The van der Waals surface area contributed by atoms with Gasteiger partial charge in [0.2, 0.25) is 27.7 Å². The van der Waals surface area contributed by atoms with E-state index in [2.05, 4.69) is 15.0 Å². The third-order valence-corrected chi connectivity index (χ3v) is 14.4. The van der Waals surface area contributed by atoms with Gasteiger partial charge < -0.3 is 24.8 Å². The number of pyridine rings is 1. The van der Waals surface area contributed by atoms with E-state index in [0.29, 0.717) is 56.1 Å². The summed E-state index contributed by atoms with van der Waals surface area (Å²) in [5, 5.41) is 14.4. The summed E-state index contributed by atoms with van der Waals surface area (Å²) in [6.45, 7) is 5.92. The molecule has 4 aliphatic rings. The standard InChI is InChI=1S/C39H50F3N5O9S/c1-22-10-7-8-11-24-20-38(24,34(50)45-57(53,54)37(5)15-16-37)44-31(48)28-19-25(56-32-27-12-9-13-29(55-6)26(27)14-17-43-32)21-46(28)33(49)30(23(2)18-22)47(35(51)52)36(3,4)39(40,41)42/h8-9,11-14,17,22-25,28,30H,7,10,15-16,18-21H2,1-6H3,(H,44,48)(H,45,50)(H,51,52)/b11-8-/t22-,23+,24+,25+,28-,30-,38+/m0/s1. The minimum atomic E-state index is -5.09. The van der Waals surface area contributed by atoms with E-state index in [-0.39, 0.29) is 42.5 Å². The maximum Gasteiger partial charge on any atom is 0.411 e. The van der Waals surface area contributed by atoms with Crippen LogP contribution in [0.5, 0.6) is 11.6 Å². The Bertz CT molecular complexity index is 2070. The molecule has 2 saturated carbocycles. The first-order valence-electron chi connectivity index (χ1n) is 19.1. The third-order valence-electron chi connectivity index (χ3n) is 12.2. The summed E-state index contributed by atoms with van der Waals surface area (Å²) < 4.78 is 83.2. The van der Waals surface area contributed by atoms with Crippen molar-refractivity contribution in [3.05, 3.63) is 42.6 Å². The number of halogens is 3. The van der Waals surface area contributed by atoms with Crippen LogP contribution in [-0.4, -0.2) is 106 Å². The Hall–Kier alpha value is -4.61. The summed E-state index contributed by atoms with van der Waals surface area (Å²) in [7, 11) is -2.62. The van der Waals surface area contributed by atoms with Gasteiger partial charge in [-0.25, -0.2) is 18.2 Å². The van der Waals surface area contributed by atoms with Gasteiger partial charge in [-0.3, -0.25) is 24.0 Å². The smallest absolute Gasteiger partial charge is 0.411 e. The summed E-state index contributed by atoms with van der Waals surface area (Å²) in [5.74, 6) is -3.96. The largest absolute Gasteiger partial charge is 0.496 e. The summed E-state index contributed by atoms with van der Waals surface area (Å²) in [6.07, 6.45) is -1.34. The van der Waals surface area contributed by atoms with Crippen LogP contribution in [-0.2, 0) is 24.4 Å². The fourth-order valence-electron chi connectivity index (χ4n) is 8.17. The highest BCUT2D eigenvalue weighted by Gasteiger charge is 2.64. The fraction of sp³-hybridized carbons (Fsp3) is 0.615. The average Bonchev–Trinajstić information content (AvgIpc) is 4.01. The van der Waals surface area contributed by atoms with Crippen molar-refractivity contribution in [1.82, 2.24) is 24.8 Å². The number of rotatable bonds is 8. The molecule has 1 saturated heterocycles. The van der Waals surface area contributed by atoms with Gasteiger partial charge in [0, 0.05) is 29.3 Å². The molecule has 3 heterocycles. The maximum atomic E-state index is 15.0. The lowest BCUT2D eigenvalue weighted by molar-refractivity contribution is -0.222. The van der Waals surface area contributed by atoms with Crippen molar-refractivity contribution in [2.24, 2.45) is 17.8 Å². The van der Waals surface area contributed by atoms with Gasteiger partial charge in [-0.1, -0.05) is 32.1 Å². The van der Waals surface area contributed by atoms with Gasteiger partial charge in [-0.15, -0.1) is 0 Å². The van der Waals surface area contributed by atoms with Gasteiger partial charge >= 0.3 is 12.3 Å². The van der Waals surface area contributed by atoms with Gasteiger partial charge in [-0.05, 0) is 89.3 Å². The van der Waals surface area contributed by atoms with Crippen LogP contribution in [0.1, 0.15) is 79.6 Å². The number of hydrogen-bond donors (Lipinski definition) is 3. The second-order valence-corrected chi connectivity index (χ2v) is 19.0. The van der Waals surface area contributed by atoms with Crippen molar-refractivity contribution >= 4 is 44.6 Å². The lowest BCUT2D eigenvalue weighted by Crippen LogP contribution is -2.66. The molecule has 1 aromatic carbocycles. The van der Waals surface area contributed by atoms with Crippen molar-refractivity contribution in [3.63, 3.8) is 0 Å². The number of sulfonamides is 1. The number of nitrogens with zero attached hydrogens (tertiary/aromatic N) is 3. The summed E-state index contributed by atoms with van der Waals surface area (Å²) in [6, 6.07) is 3.53. The molecule has 0 unspecified atom stereocenters. The van der Waals surface area contributed by atoms with E-state index in [1.54, 1.807) is 36.4 Å². The summed E-state index contributed by atoms with van der Waals surface area (Å²) in [5.41, 5.74) is -4.74. The zero-order valence-electron chi connectivity index (χ0n) is 32.8. The van der Waals surface area contributed by atoms with Gasteiger partial charge in [0.1, 0.15) is 35.0 Å². The first-order chi connectivity index (χ1) is 26.6. The van der Waals surface area contributed by atoms with E-state index >= 15 is 0 Å². The molecule has 14 nitrogen and oxygen atoms in total. The Morgan fingerprint density at radius 2 is 1.81 bits per heavy atom. The number of allylic oxidation sites excluding steroid dienone is 1. The second kappa shape index (κ2) is 15.0. The maximum absolute atomic E-state index is 15.0. The molecule has 2 aromatic rings. The number of carbonyl (C=O) groups is 4. The second-order valence-electron chi connectivity index (χ2n) is 16.8. The highest BCUT2D eigenvalue weighted by Crippen LogP contribution is 2.48. The topological polar surface area (TPSA) is 185 Å². The van der Waals surface area contributed by atoms with E-state index in [9.17, 15) is 45.9 Å². The van der Waals surface area contributed by atoms with E-state index in [1.165, 1.54) is 27.2 Å². The number of alkyl halides is 3. The molecule has 0 radical (unpaired) electrons. The van der Waals surface area contributed by atoms with Crippen molar-refractivity contribution in [3.8, 4) is 11.6 Å². The molecule has 4 amide bonds. The SMILES string of the molecule is COc1cccc2c(O[C@@H]3C[C@H]4C(=O)N[C@]5(C(=O)NS(=O)(=O)C6(C)CC6)C[C@H]5/C=C\CC[C@H](C)C[C@@H](C)[C@H](N(C(=O)O)C(C)(C)C(F)(F)F)C(=O)N4C3)nccc12. The molecular weight excluding hydrogens is 772 g/mol. The summed E-state index contributed by atoms with van der Waals surface area (Å²) in [4.78, 5) is 61.9. The van der Waals surface area contributed by atoms with Gasteiger partial charge in [0.25, 0.3) is 5.91 Å². The highest BCUT2D eigenvalue weighted by atomic mass is 32.2. The average molecular weight is 822 g/mol. The molecule has 7 atom stereocenters. The molecule has 312 valence electrons. The molecule has 0 bridgehead atoms. The molecule has 18 heteroatoms. The van der Waals surface area contributed by atoms with Crippen LogP contribution in [0.3, 0.4) is 0 Å². The summed E-state index contributed by atoms with van der Waals surface area (Å²) >= 11 is 0. The fourth-order valence-corrected chi connectivity index (χ4v) is 9.48. The number of aromatic nitrogens is 1. The first kappa shape index (κ1) is 42.0. The molecule has 2 aliphatic heterocycles. The number of fused-ring (bicyclic) bond motifs is 3.